The smallest absolute Gasteiger partial charge is 0.228 e. The summed E-state index contributed by atoms with van der Waals surface area (Å²) in [5.74, 6) is 1.00. The Bertz CT molecular complexity index is 1310. The van der Waals surface area contributed by atoms with Crippen molar-refractivity contribution in [1.82, 2.24) is 14.3 Å². The monoisotopic (exact) mass is 494 g/mol. The van der Waals surface area contributed by atoms with Crippen LogP contribution in [0.25, 0.3) is 16.2 Å². The van der Waals surface area contributed by atoms with Crippen molar-refractivity contribution in [2.45, 2.75) is 20.3 Å². The van der Waals surface area contributed by atoms with Crippen LogP contribution in [0.3, 0.4) is 0 Å². The van der Waals surface area contributed by atoms with Gasteiger partial charge >= 0.3 is 0 Å². The van der Waals surface area contributed by atoms with Crippen molar-refractivity contribution in [1.29, 1.82) is 0 Å². The van der Waals surface area contributed by atoms with Crippen molar-refractivity contribution >= 4 is 39.5 Å². The van der Waals surface area contributed by atoms with E-state index in [1.165, 1.54) is 5.56 Å². The van der Waals surface area contributed by atoms with Gasteiger partial charge in [-0.05, 0) is 55.8 Å². The highest BCUT2D eigenvalue weighted by atomic mass is 35.5. The molecule has 1 aliphatic heterocycles. The average Bonchev–Trinajstić information content (AvgIpc) is 3.43. The number of fused-ring (bicyclic) bond motifs is 1. The number of benzene rings is 2. The van der Waals surface area contributed by atoms with Crippen LogP contribution in [0.5, 0.6) is 5.75 Å². The molecule has 1 amide bonds. The second kappa shape index (κ2) is 9.68. The highest BCUT2D eigenvalue weighted by molar-refractivity contribution is 7.15. The first-order chi connectivity index (χ1) is 16.5. The van der Waals surface area contributed by atoms with Gasteiger partial charge in [-0.1, -0.05) is 17.7 Å². The summed E-state index contributed by atoms with van der Waals surface area (Å²) in [4.78, 5) is 23.0. The van der Waals surface area contributed by atoms with Gasteiger partial charge < -0.3 is 14.5 Å². The summed E-state index contributed by atoms with van der Waals surface area (Å²) in [6.45, 7) is 7.74. The van der Waals surface area contributed by atoms with Gasteiger partial charge in [0.25, 0.3) is 0 Å². The van der Waals surface area contributed by atoms with Gasteiger partial charge in [0.15, 0.2) is 4.96 Å². The molecule has 0 atom stereocenters. The lowest BCUT2D eigenvalue weighted by Gasteiger charge is -2.37. The number of nitrogens with zero attached hydrogens (tertiary/aromatic N) is 4. The van der Waals surface area contributed by atoms with E-state index in [0.717, 1.165) is 51.5 Å². The lowest BCUT2D eigenvalue weighted by atomic mass is 10.1. The van der Waals surface area contributed by atoms with Gasteiger partial charge in [0.1, 0.15) is 5.75 Å². The summed E-state index contributed by atoms with van der Waals surface area (Å²) in [6.07, 6.45) is 2.39. The number of halogens is 1. The number of rotatable bonds is 6. The molecule has 5 rings (SSSR count). The second-order valence-corrected chi connectivity index (χ2v) is 9.71. The van der Waals surface area contributed by atoms with Crippen LogP contribution in [0.4, 0.5) is 5.69 Å². The quantitative estimate of drug-likeness (QED) is 0.364. The zero-order valence-corrected chi connectivity index (χ0v) is 20.9. The number of thiazole rings is 1. The summed E-state index contributed by atoms with van der Waals surface area (Å²) in [5.41, 5.74) is 5.26. The molecular weight excluding hydrogens is 468 g/mol. The highest BCUT2D eigenvalue weighted by Crippen LogP contribution is 2.27. The summed E-state index contributed by atoms with van der Waals surface area (Å²) in [7, 11) is 0. The minimum Gasteiger partial charge on any atom is -0.494 e. The number of ether oxygens (including phenoxy) is 1. The number of hydrogen-bond donors (Lipinski definition) is 0. The maximum absolute atomic E-state index is 13.1. The van der Waals surface area contributed by atoms with Crippen molar-refractivity contribution in [2.24, 2.45) is 0 Å². The molecule has 6 nitrogen and oxygen atoms in total. The lowest BCUT2D eigenvalue weighted by Crippen LogP contribution is -2.49. The van der Waals surface area contributed by atoms with E-state index < -0.39 is 0 Å². The lowest BCUT2D eigenvalue weighted by molar-refractivity contribution is -0.130. The van der Waals surface area contributed by atoms with E-state index >= 15 is 0 Å². The molecule has 0 N–H and O–H groups in total. The third kappa shape index (κ3) is 4.63. The van der Waals surface area contributed by atoms with E-state index in [1.807, 2.05) is 70.3 Å². The molecule has 4 aromatic rings. The van der Waals surface area contributed by atoms with Crippen molar-refractivity contribution in [2.75, 3.05) is 37.7 Å². The first kappa shape index (κ1) is 22.7. The molecule has 8 heteroatoms. The molecule has 0 radical (unpaired) electrons. The van der Waals surface area contributed by atoms with Crippen LogP contribution in [0.2, 0.25) is 5.02 Å². The van der Waals surface area contributed by atoms with Crippen molar-refractivity contribution in [3.05, 3.63) is 70.3 Å². The molecule has 0 aliphatic carbocycles. The standard InChI is InChI=1S/C26H27ClN4O2S/c1-3-33-22-8-5-19(6-9-22)23-16-31-21(17-34-26(31)28-23)15-25(32)30-12-10-29(11-13-30)24-14-20(27)7-4-18(24)2/h4-9,14,16-17H,3,10-13,15H2,1-2H3. The van der Waals surface area contributed by atoms with Crippen molar-refractivity contribution < 1.29 is 9.53 Å². The fourth-order valence-electron chi connectivity index (χ4n) is 4.37. The minimum atomic E-state index is 0.151. The molecule has 2 aromatic heterocycles. The van der Waals surface area contributed by atoms with Crippen LogP contribution >= 0.6 is 22.9 Å². The van der Waals surface area contributed by atoms with Gasteiger partial charge in [0.05, 0.1) is 18.7 Å². The molecule has 0 spiro atoms. The maximum atomic E-state index is 13.1. The number of anilines is 1. The van der Waals surface area contributed by atoms with Crippen molar-refractivity contribution in [3.63, 3.8) is 0 Å². The SMILES string of the molecule is CCOc1ccc(-c2cn3c(CC(=O)N4CCN(c5cc(Cl)ccc5C)CC4)csc3n2)cc1. The Kier molecular flexibility index (Phi) is 6.48. The Balaban J connectivity index is 1.25. The predicted octanol–water partition coefficient (Wildman–Crippen LogP) is 5.31. The fourth-order valence-corrected chi connectivity index (χ4v) is 5.41. The third-order valence-corrected chi connectivity index (χ3v) is 7.34. The largest absolute Gasteiger partial charge is 0.494 e. The van der Waals surface area contributed by atoms with Crippen LogP contribution in [0, 0.1) is 6.92 Å². The van der Waals surface area contributed by atoms with Gasteiger partial charge in [-0.3, -0.25) is 9.20 Å². The summed E-state index contributed by atoms with van der Waals surface area (Å²) in [6, 6.07) is 13.9. The van der Waals surface area contributed by atoms with Crippen LogP contribution in [-0.4, -0.2) is 53.0 Å². The molecular formula is C26H27ClN4O2S. The summed E-state index contributed by atoms with van der Waals surface area (Å²) >= 11 is 7.77. The first-order valence-electron chi connectivity index (χ1n) is 11.5. The van der Waals surface area contributed by atoms with Gasteiger partial charge in [-0.25, -0.2) is 4.98 Å². The Morgan fingerprint density at radius 1 is 1.12 bits per heavy atom. The van der Waals surface area contributed by atoms with E-state index in [4.69, 9.17) is 21.3 Å². The van der Waals surface area contributed by atoms with E-state index in [9.17, 15) is 4.79 Å². The van der Waals surface area contributed by atoms with E-state index in [2.05, 4.69) is 11.8 Å². The summed E-state index contributed by atoms with van der Waals surface area (Å²) < 4.78 is 7.57. The van der Waals surface area contributed by atoms with E-state index in [1.54, 1.807) is 11.3 Å². The maximum Gasteiger partial charge on any atom is 0.228 e. The molecule has 0 bridgehead atoms. The Morgan fingerprint density at radius 3 is 2.62 bits per heavy atom. The molecule has 0 unspecified atom stereocenters. The van der Waals surface area contributed by atoms with Gasteiger partial charge in [0.2, 0.25) is 5.91 Å². The number of carbonyl (C=O) groups is 1. The van der Waals surface area contributed by atoms with Gasteiger partial charge in [-0.15, -0.1) is 11.3 Å². The normalized spacial score (nSPS) is 14.1. The fraction of sp³-hybridized carbons (Fsp3) is 0.308. The number of piperazine rings is 1. The molecule has 0 saturated carbocycles. The number of aryl methyl sites for hydroxylation is 1. The zero-order chi connectivity index (χ0) is 23.7. The molecule has 1 fully saturated rings. The van der Waals surface area contributed by atoms with Crippen LogP contribution in [0.1, 0.15) is 18.2 Å². The predicted molar refractivity (Wildman–Crippen MR) is 138 cm³/mol. The van der Waals surface area contributed by atoms with Crippen LogP contribution in [0.15, 0.2) is 54.0 Å². The summed E-state index contributed by atoms with van der Waals surface area (Å²) in [5, 5.41) is 2.78. The molecule has 1 saturated heterocycles. The average molecular weight is 495 g/mol. The topological polar surface area (TPSA) is 50.1 Å². The Hall–Kier alpha value is -3.03. The second-order valence-electron chi connectivity index (χ2n) is 8.44. The van der Waals surface area contributed by atoms with Crippen LogP contribution < -0.4 is 9.64 Å². The highest BCUT2D eigenvalue weighted by Gasteiger charge is 2.23. The molecule has 176 valence electrons. The number of hydrogen-bond acceptors (Lipinski definition) is 5. The zero-order valence-electron chi connectivity index (χ0n) is 19.3. The van der Waals surface area contributed by atoms with Crippen molar-refractivity contribution in [3.8, 4) is 17.0 Å². The molecule has 3 heterocycles. The molecule has 1 aliphatic rings. The minimum absolute atomic E-state index is 0.151. The first-order valence-corrected chi connectivity index (χ1v) is 12.7. The third-order valence-electron chi connectivity index (χ3n) is 6.22. The molecule has 34 heavy (non-hydrogen) atoms. The van der Waals surface area contributed by atoms with Gasteiger partial charge in [0, 0.05) is 59.7 Å². The van der Waals surface area contributed by atoms with Gasteiger partial charge in [-0.2, -0.15) is 0 Å². The Labute approximate surface area is 208 Å². The number of carbonyl (C=O) groups excluding carboxylic acids is 1. The van der Waals surface area contributed by atoms with E-state index in [0.29, 0.717) is 26.1 Å². The van der Waals surface area contributed by atoms with Crippen LogP contribution in [-0.2, 0) is 11.2 Å². The Morgan fingerprint density at radius 2 is 1.88 bits per heavy atom. The number of imidazole rings is 1. The van der Waals surface area contributed by atoms with E-state index in [-0.39, 0.29) is 5.91 Å². The number of aromatic nitrogens is 2. The number of amides is 1. The molecule has 2 aromatic carbocycles.